The molecule has 112 valence electrons. The van der Waals surface area contributed by atoms with Crippen LogP contribution in [0.5, 0.6) is 0 Å². The lowest BCUT2D eigenvalue weighted by molar-refractivity contribution is 0.0697. The fourth-order valence-corrected chi connectivity index (χ4v) is 3.68. The minimum Gasteiger partial charge on any atom is -0.478 e. The van der Waals surface area contributed by atoms with Gasteiger partial charge in [-0.25, -0.2) is 9.78 Å². The van der Waals surface area contributed by atoms with Gasteiger partial charge in [0.25, 0.3) is 0 Å². The average molecular weight is 286 g/mol. The van der Waals surface area contributed by atoms with Crippen molar-refractivity contribution < 1.29 is 9.90 Å². The zero-order valence-corrected chi connectivity index (χ0v) is 12.7. The molecule has 4 nitrogen and oxygen atoms in total. The van der Waals surface area contributed by atoms with E-state index in [1.807, 2.05) is 13.0 Å². The molecule has 0 spiro atoms. The van der Waals surface area contributed by atoms with Crippen LogP contribution in [0.15, 0.2) is 18.2 Å². The molecule has 0 aliphatic heterocycles. The normalized spacial score (nSPS) is 22.6. The van der Waals surface area contributed by atoms with Gasteiger partial charge in [-0.2, -0.15) is 0 Å². The highest BCUT2D eigenvalue weighted by Gasteiger charge is 2.24. The van der Waals surface area contributed by atoms with Gasteiger partial charge in [-0.1, -0.05) is 26.2 Å². The molecule has 0 bridgehead atoms. The van der Waals surface area contributed by atoms with E-state index >= 15 is 0 Å². The largest absolute Gasteiger partial charge is 0.478 e. The van der Waals surface area contributed by atoms with Gasteiger partial charge in [0, 0.05) is 6.04 Å². The molecule has 1 aromatic heterocycles. The van der Waals surface area contributed by atoms with Crippen molar-refractivity contribution in [3.8, 4) is 0 Å². The Morgan fingerprint density at radius 3 is 2.95 bits per heavy atom. The molecule has 2 unspecified atom stereocenters. The second-order valence-electron chi connectivity index (χ2n) is 6.13. The Balaban J connectivity index is 2.02. The van der Waals surface area contributed by atoms with E-state index < -0.39 is 5.97 Å². The number of rotatable bonds is 3. The van der Waals surface area contributed by atoms with Gasteiger partial charge in [0.2, 0.25) is 0 Å². The van der Waals surface area contributed by atoms with Crippen molar-refractivity contribution in [3.63, 3.8) is 0 Å². The van der Waals surface area contributed by atoms with Crippen molar-refractivity contribution in [1.29, 1.82) is 0 Å². The molecule has 1 aliphatic rings. The Bertz CT molecular complexity index is 675. The highest BCUT2D eigenvalue weighted by Crippen LogP contribution is 2.36. The van der Waals surface area contributed by atoms with E-state index in [4.69, 9.17) is 5.11 Å². The SMILES string of the molecule is CCC1CCCC(n2c(C)nc3cc(C(=O)O)ccc32)C1. The Morgan fingerprint density at radius 2 is 2.24 bits per heavy atom. The maximum absolute atomic E-state index is 11.1. The molecular weight excluding hydrogens is 264 g/mol. The van der Waals surface area contributed by atoms with Crippen molar-refractivity contribution >= 4 is 17.0 Å². The van der Waals surface area contributed by atoms with E-state index in [-0.39, 0.29) is 0 Å². The third-order valence-electron chi connectivity index (χ3n) is 4.81. The number of nitrogens with zero attached hydrogens (tertiary/aromatic N) is 2. The molecule has 0 saturated heterocycles. The molecule has 1 aliphatic carbocycles. The van der Waals surface area contributed by atoms with Crippen LogP contribution in [0, 0.1) is 12.8 Å². The predicted octanol–water partition coefficient (Wildman–Crippen LogP) is 4.18. The standard InChI is InChI=1S/C17H22N2O2/c1-3-12-5-4-6-14(9-12)19-11(2)18-15-10-13(17(20)21)7-8-16(15)19/h7-8,10,12,14H,3-6,9H2,1-2H3,(H,20,21). The molecule has 1 heterocycles. The van der Waals surface area contributed by atoms with Crippen LogP contribution in [0.2, 0.25) is 0 Å². The van der Waals surface area contributed by atoms with Gasteiger partial charge in [0.15, 0.2) is 0 Å². The summed E-state index contributed by atoms with van der Waals surface area (Å²) in [7, 11) is 0. The number of carboxylic acids is 1. The molecule has 4 heteroatoms. The predicted molar refractivity (Wildman–Crippen MR) is 82.7 cm³/mol. The minimum atomic E-state index is -0.896. The van der Waals surface area contributed by atoms with Crippen molar-refractivity contribution in [3.05, 3.63) is 29.6 Å². The molecular formula is C17H22N2O2. The molecule has 1 fully saturated rings. The lowest BCUT2D eigenvalue weighted by Gasteiger charge is -2.30. The number of aromatic carboxylic acids is 1. The molecule has 0 amide bonds. The number of aryl methyl sites for hydroxylation is 1. The van der Waals surface area contributed by atoms with Gasteiger partial charge in [-0.3, -0.25) is 0 Å². The van der Waals surface area contributed by atoms with Crippen LogP contribution >= 0.6 is 0 Å². The Labute approximate surface area is 124 Å². The van der Waals surface area contributed by atoms with Crippen LogP contribution in [-0.4, -0.2) is 20.6 Å². The van der Waals surface area contributed by atoms with E-state index in [9.17, 15) is 4.79 Å². The van der Waals surface area contributed by atoms with Crippen LogP contribution in [0.25, 0.3) is 11.0 Å². The van der Waals surface area contributed by atoms with Crippen LogP contribution in [0.4, 0.5) is 0 Å². The molecule has 1 saturated carbocycles. The summed E-state index contributed by atoms with van der Waals surface area (Å²) in [5, 5.41) is 9.10. The Morgan fingerprint density at radius 1 is 1.43 bits per heavy atom. The number of carbonyl (C=O) groups is 1. The number of hydrogen-bond acceptors (Lipinski definition) is 2. The molecule has 3 rings (SSSR count). The summed E-state index contributed by atoms with van der Waals surface area (Å²) < 4.78 is 2.32. The highest BCUT2D eigenvalue weighted by atomic mass is 16.4. The third kappa shape index (κ3) is 2.55. The quantitative estimate of drug-likeness (QED) is 0.920. The Kier molecular flexibility index (Phi) is 3.70. The first-order valence-electron chi connectivity index (χ1n) is 7.82. The number of aromatic nitrogens is 2. The maximum atomic E-state index is 11.1. The molecule has 2 aromatic rings. The number of hydrogen-bond donors (Lipinski definition) is 1. The van der Waals surface area contributed by atoms with Gasteiger partial charge in [0.05, 0.1) is 16.6 Å². The summed E-state index contributed by atoms with van der Waals surface area (Å²) in [6.45, 7) is 4.29. The van der Waals surface area contributed by atoms with Gasteiger partial charge in [0.1, 0.15) is 5.82 Å². The van der Waals surface area contributed by atoms with E-state index in [0.717, 1.165) is 22.8 Å². The molecule has 1 N–H and O–H groups in total. The number of fused-ring (bicyclic) bond motifs is 1. The van der Waals surface area contributed by atoms with E-state index in [1.54, 1.807) is 12.1 Å². The van der Waals surface area contributed by atoms with Crippen molar-refractivity contribution in [2.75, 3.05) is 0 Å². The third-order valence-corrected chi connectivity index (χ3v) is 4.81. The maximum Gasteiger partial charge on any atom is 0.335 e. The second-order valence-corrected chi connectivity index (χ2v) is 6.13. The van der Waals surface area contributed by atoms with Gasteiger partial charge in [-0.15, -0.1) is 0 Å². The highest BCUT2D eigenvalue weighted by molar-refractivity contribution is 5.92. The Hall–Kier alpha value is -1.84. The zero-order valence-electron chi connectivity index (χ0n) is 12.7. The van der Waals surface area contributed by atoms with Crippen LogP contribution in [-0.2, 0) is 0 Å². The monoisotopic (exact) mass is 286 g/mol. The molecule has 21 heavy (non-hydrogen) atoms. The smallest absolute Gasteiger partial charge is 0.335 e. The second kappa shape index (κ2) is 5.51. The first-order chi connectivity index (χ1) is 10.1. The molecule has 1 aromatic carbocycles. The van der Waals surface area contributed by atoms with Crippen LogP contribution in [0.1, 0.15) is 61.3 Å². The molecule has 2 atom stereocenters. The summed E-state index contributed by atoms with van der Waals surface area (Å²) in [6, 6.07) is 5.78. The van der Waals surface area contributed by atoms with Crippen LogP contribution in [0.3, 0.4) is 0 Å². The van der Waals surface area contributed by atoms with Gasteiger partial charge in [-0.05, 0) is 43.9 Å². The summed E-state index contributed by atoms with van der Waals surface area (Å²) in [6.07, 6.45) is 6.26. The summed E-state index contributed by atoms with van der Waals surface area (Å²) >= 11 is 0. The van der Waals surface area contributed by atoms with Gasteiger partial charge >= 0.3 is 5.97 Å². The van der Waals surface area contributed by atoms with Crippen LogP contribution < -0.4 is 0 Å². The number of carboxylic acid groups (broad SMARTS) is 1. The fraction of sp³-hybridized carbons (Fsp3) is 0.529. The summed E-state index contributed by atoms with van der Waals surface area (Å²) in [4.78, 5) is 15.7. The van der Waals surface area contributed by atoms with E-state index in [2.05, 4.69) is 16.5 Å². The minimum absolute atomic E-state index is 0.308. The van der Waals surface area contributed by atoms with Crippen molar-refractivity contribution in [1.82, 2.24) is 9.55 Å². The van der Waals surface area contributed by atoms with E-state index in [0.29, 0.717) is 11.6 Å². The van der Waals surface area contributed by atoms with Crippen molar-refractivity contribution in [2.45, 2.75) is 52.0 Å². The lowest BCUT2D eigenvalue weighted by Crippen LogP contribution is -2.19. The average Bonchev–Trinajstić information content (AvgIpc) is 2.82. The zero-order chi connectivity index (χ0) is 15.0. The number of benzene rings is 1. The van der Waals surface area contributed by atoms with Gasteiger partial charge < -0.3 is 9.67 Å². The summed E-state index contributed by atoms with van der Waals surface area (Å²) in [5.41, 5.74) is 2.17. The van der Waals surface area contributed by atoms with E-state index in [1.165, 1.54) is 32.1 Å². The summed E-state index contributed by atoms with van der Waals surface area (Å²) in [5.74, 6) is 0.904. The number of imidazole rings is 1. The topological polar surface area (TPSA) is 55.1 Å². The molecule has 0 radical (unpaired) electrons. The fourth-order valence-electron chi connectivity index (χ4n) is 3.68. The first kappa shape index (κ1) is 14.1. The lowest BCUT2D eigenvalue weighted by atomic mass is 9.84. The first-order valence-corrected chi connectivity index (χ1v) is 7.82. The van der Waals surface area contributed by atoms with Crippen molar-refractivity contribution in [2.24, 2.45) is 5.92 Å².